The Kier molecular flexibility index (Phi) is 3.80. The molecule has 0 aliphatic carbocycles. The molecule has 0 spiro atoms. The summed E-state index contributed by atoms with van der Waals surface area (Å²) in [6, 6.07) is 15.9. The molecule has 0 unspecified atom stereocenters. The third kappa shape index (κ3) is 2.72. The Morgan fingerprint density at radius 2 is 1.81 bits per heavy atom. The van der Waals surface area contributed by atoms with Crippen LogP contribution in [0.2, 0.25) is 0 Å². The number of benzene rings is 2. The summed E-state index contributed by atoms with van der Waals surface area (Å²) in [7, 11) is 1.66. The number of halogens is 1. The molecule has 0 atom stereocenters. The summed E-state index contributed by atoms with van der Waals surface area (Å²) >= 11 is 3.49. The summed E-state index contributed by atoms with van der Waals surface area (Å²) in [4.78, 5) is 0. The van der Waals surface area contributed by atoms with Gasteiger partial charge in [-0.2, -0.15) is 0 Å². The van der Waals surface area contributed by atoms with Crippen LogP contribution < -0.4 is 4.74 Å². The molecule has 0 N–H and O–H groups in total. The molecule has 2 aromatic carbocycles. The SMILES string of the molecule is COc1ccc(-c2c(-c3cccc(Br)c3)noc2C)cc1. The monoisotopic (exact) mass is 343 g/mol. The summed E-state index contributed by atoms with van der Waals surface area (Å²) in [6.45, 7) is 1.92. The second kappa shape index (κ2) is 5.74. The fraction of sp³-hybridized carbons (Fsp3) is 0.118. The molecule has 1 heterocycles. The van der Waals surface area contributed by atoms with Crippen molar-refractivity contribution in [2.24, 2.45) is 0 Å². The van der Waals surface area contributed by atoms with E-state index in [1.165, 1.54) is 0 Å². The third-order valence-corrected chi connectivity index (χ3v) is 3.83. The summed E-state index contributed by atoms with van der Waals surface area (Å²) in [5, 5.41) is 4.22. The minimum absolute atomic E-state index is 0.801. The van der Waals surface area contributed by atoms with Gasteiger partial charge in [0.1, 0.15) is 17.2 Å². The average molecular weight is 344 g/mol. The molecule has 0 fully saturated rings. The predicted molar refractivity (Wildman–Crippen MR) is 86.4 cm³/mol. The average Bonchev–Trinajstić information content (AvgIpc) is 2.89. The highest BCUT2D eigenvalue weighted by molar-refractivity contribution is 9.10. The van der Waals surface area contributed by atoms with Crippen LogP contribution in [0, 0.1) is 6.92 Å². The van der Waals surface area contributed by atoms with Crippen molar-refractivity contribution in [1.29, 1.82) is 0 Å². The molecule has 1 aromatic heterocycles. The maximum Gasteiger partial charge on any atom is 0.142 e. The van der Waals surface area contributed by atoms with Gasteiger partial charge >= 0.3 is 0 Å². The molecular formula is C17H14BrNO2. The molecule has 0 radical (unpaired) electrons. The zero-order chi connectivity index (χ0) is 14.8. The van der Waals surface area contributed by atoms with E-state index < -0.39 is 0 Å². The Hall–Kier alpha value is -2.07. The molecule has 106 valence electrons. The molecule has 3 nitrogen and oxygen atoms in total. The molecule has 0 aliphatic rings. The Balaban J connectivity index is 2.12. The minimum atomic E-state index is 0.801. The van der Waals surface area contributed by atoms with Gasteiger partial charge in [0.05, 0.1) is 12.7 Å². The van der Waals surface area contributed by atoms with Crippen molar-refractivity contribution >= 4 is 15.9 Å². The van der Waals surface area contributed by atoms with E-state index in [1.807, 2.05) is 55.5 Å². The van der Waals surface area contributed by atoms with Gasteiger partial charge in [0.15, 0.2) is 0 Å². The summed E-state index contributed by atoms with van der Waals surface area (Å²) < 4.78 is 11.6. The first-order valence-electron chi connectivity index (χ1n) is 6.55. The Morgan fingerprint density at radius 1 is 1.05 bits per heavy atom. The highest BCUT2D eigenvalue weighted by Gasteiger charge is 2.16. The van der Waals surface area contributed by atoms with Gasteiger partial charge < -0.3 is 9.26 Å². The molecule has 3 aromatic rings. The van der Waals surface area contributed by atoms with E-state index in [0.29, 0.717) is 0 Å². The number of methoxy groups -OCH3 is 1. The molecule has 3 rings (SSSR count). The van der Waals surface area contributed by atoms with Crippen LogP contribution in [0.15, 0.2) is 57.5 Å². The molecule has 21 heavy (non-hydrogen) atoms. The van der Waals surface area contributed by atoms with Gasteiger partial charge in [-0.25, -0.2) is 0 Å². The number of rotatable bonds is 3. The fourth-order valence-corrected chi connectivity index (χ4v) is 2.70. The van der Waals surface area contributed by atoms with Crippen molar-refractivity contribution in [3.8, 4) is 28.1 Å². The van der Waals surface area contributed by atoms with Crippen LogP contribution in [0.5, 0.6) is 5.75 Å². The Bertz CT molecular complexity index is 763. The van der Waals surface area contributed by atoms with Crippen LogP contribution in [0.1, 0.15) is 5.76 Å². The Labute approximate surface area is 131 Å². The van der Waals surface area contributed by atoms with Gasteiger partial charge in [-0.05, 0) is 36.8 Å². The highest BCUT2D eigenvalue weighted by Crippen LogP contribution is 2.35. The van der Waals surface area contributed by atoms with Gasteiger partial charge in [-0.1, -0.05) is 45.4 Å². The van der Waals surface area contributed by atoms with Crippen molar-refractivity contribution in [2.45, 2.75) is 6.92 Å². The molecule has 0 saturated carbocycles. The number of aromatic nitrogens is 1. The first kappa shape index (κ1) is 13.9. The van der Waals surface area contributed by atoms with Gasteiger partial charge in [-0.15, -0.1) is 0 Å². The number of hydrogen-bond acceptors (Lipinski definition) is 3. The fourth-order valence-electron chi connectivity index (χ4n) is 2.30. The van der Waals surface area contributed by atoms with Gasteiger partial charge in [0.25, 0.3) is 0 Å². The second-order valence-electron chi connectivity index (χ2n) is 4.70. The molecule has 0 aliphatic heterocycles. The maximum atomic E-state index is 5.40. The first-order chi connectivity index (χ1) is 10.2. The topological polar surface area (TPSA) is 35.3 Å². The zero-order valence-corrected chi connectivity index (χ0v) is 13.3. The van der Waals surface area contributed by atoms with E-state index in [1.54, 1.807) is 7.11 Å². The van der Waals surface area contributed by atoms with Crippen LogP contribution in [-0.4, -0.2) is 12.3 Å². The lowest BCUT2D eigenvalue weighted by Crippen LogP contribution is -1.86. The highest BCUT2D eigenvalue weighted by atomic mass is 79.9. The minimum Gasteiger partial charge on any atom is -0.497 e. The number of aryl methyl sites for hydroxylation is 1. The molecule has 0 bridgehead atoms. The summed E-state index contributed by atoms with van der Waals surface area (Å²) in [6.07, 6.45) is 0. The number of hydrogen-bond donors (Lipinski definition) is 0. The molecule has 4 heteroatoms. The van der Waals surface area contributed by atoms with Crippen LogP contribution >= 0.6 is 15.9 Å². The quantitative estimate of drug-likeness (QED) is 0.664. The molecular weight excluding hydrogens is 330 g/mol. The molecule has 0 saturated heterocycles. The van der Waals surface area contributed by atoms with Gasteiger partial charge in [0, 0.05) is 10.0 Å². The van der Waals surface area contributed by atoms with Gasteiger partial charge in [-0.3, -0.25) is 0 Å². The predicted octanol–water partition coefficient (Wildman–Crippen LogP) is 5.09. The lowest BCUT2D eigenvalue weighted by Gasteiger charge is -2.05. The van der Waals surface area contributed by atoms with E-state index in [0.717, 1.165) is 38.4 Å². The number of ether oxygens (including phenoxy) is 1. The van der Waals surface area contributed by atoms with Crippen molar-refractivity contribution in [1.82, 2.24) is 5.16 Å². The second-order valence-corrected chi connectivity index (χ2v) is 5.62. The summed E-state index contributed by atoms with van der Waals surface area (Å²) in [5.41, 5.74) is 3.94. The van der Waals surface area contributed by atoms with Crippen LogP contribution in [-0.2, 0) is 0 Å². The summed E-state index contributed by atoms with van der Waals surface area (Å²) in [5.74, 6) is 1.63. The third-order valence-electron chi connectivity index (χ3n) is 3.34. The first-order valence-corrected chi connectivity index (χ1v) is 7.35. The smallest absolute Gasteiger partial charge is 0.142 e. The number of nitrogens with zero attached hydrogens (tertiary/aromatic N) is 1. The largest absolute Gasteiger partial charge is 0.497 e. The Morgan fingerprint density at radius 3 is 2.48 bits per heavy atom. The van der Waals surface area contributed by atoms with E-state index in [2.05, 4.69) is 21.1 Å². The van der Waals surface area contributed by atoms with Crippen molar-refractivity contribution in [2.75, 3.05) is 7.11 Å². The maximum absolute atomic E-state index is 5.40. The standard InChI is InChI=1S/C17H14BrNO2/c1-11-16(12-6-8-15(20-2)9-7-12)17(19-21-11)13-4-3-5-14(18)10-13/h3-10H,1-2H3. The van der Waals surface area contributed by atoms with Gasteiger partial charge in [0.2, 0.25) is 0 Å². The lowest BCUT2D eigenvalue weighted by atomic mass is 9.99. The van der Waals surface area contributed by atoms with E-state index in [4.69, 9.17) is 9.26 Å². The van der Waals surface area contributed by atoms with E-state index in [9.17, 15) is 0 Å². The van der Waals surface area contributed by atoms with Crippen molar-refractivity contribution in [3.05, 3.63) is 58.8 Å². The zero-order valence-electron chi connectivity index (χ0n) is 11.8. The molecule has 0 amide bonds. The van der Waals surface area contributed by atoms with Crippen molar-refractivity contribution < 1.29 is 9.26 Å². The van der Waals surface area contributed by atoms with Crippen LogP contribution in [0.3, 0.4) is 0 Å². The lowest BCUT2D eigenvalue weighted by molar-refractivity contribution is 0.400. The normalized spacial score (nSPS) is 10.6. The van der Waals surface area contributed by atoms with E-state index >= 15 is 0 Å². The van der Waals surface area contributed by atoms with Crippen LogP contribution in [0.25, 0.3) is 22.4 Å². The van der Waals surface area contributed by atoms with E-state index in [-0.39, 0.29) is 0 Å². The van der Waals surface area contributed by atoms with Crippen molar-refractivity contribution in [3.63, 3.8) is 0 Å². The van der Waals surface area contributed by atoms with Crippen LogP contribution in [0.4, 0.5) is 0 Å².